The number of ether oxygens (including phenoxy) is 5. The number of hydrogen-bond donors (Lipinski definition) is 3. The quantitative estimate of drug-likeness (QED) is 0.0849. The molecule has 360 valence electrons. The zero-order valence-corrected chi connectivity index (χ0v) is 40.4. The van der Waals surface area contributed by atoms with Crippen molar-refractivity contribution in [2.24, 2.45) is 11.3 Å². The molecular formula is C54H65N5O9. The van der Waals surface area contributed by atoms with Crippen molar-refractivity contribution in [3.05, 3.63) is 112 Å². The molecule has 1 aliphatic carbocycles. The summed E-state index contributed by atoms with van der Waals surface area (Å²) in [5, 5.41) is 18.0. The molecule has 6 heterocycles. The van der Waals surface area contributed by atoms with Crippen LogP contribution in [0.2, 0.25) is 0 Å². The second kappa shape index (κ2) is 17.3. The number of aromatic nitrogens is 1. The second-order valence-corrected chi connectivity index (χ2v) is 19.9. The number of nitrogens with one attached hydrogen (secondary N) is 2. The van der Waals surface area contributed by atoms with E-state index in [0.717, 1.165) is 65.9 Å². The molecule has 2 fully saturated rings. The average Bonchev–Trinajstić information content (AvgIpc) is 4.02. The third kappa shape index (κ3) is 6.71. The van der Waals surface area contributed by atoms with E-state index >= 15 is 4.79 Å². The number of methoxy groups -OCH3 is 3. The van der Waals surface area contributed by atoms with E-state index in [0.29, 0.717) is 55.0 Å². The molecule has 4 aromatic rings. The molecule has 3 aromatic carbocycles. The van der Waals surface area contributed by atoms with Crippen LogP contribution in [0, 0.1) is 11.3 Å². The number of benzene rings is 3. The summed E-state index contributed by atoms with van der Waals surface area (Å²) in [6, 6.07) is 18.8. The minimum absolute atomic E-state index is 0.0120. The summed E-state index contributed by atoms with van der Waals surface area (Å²) in [6.45, 7) is 9.22. The molecule has 1 spiro atoms. The van der Waals surface area contributed by atoms with Gasteiger partial charge < -0.3 is 44.0 Å². The first-order valence-electron chi connectivity index (χ1n) is 24.2. The Hall–Kier alpha value is -5.83. The molecule has 1 saturated carbocycles. The number of H-pyrrole nitrogens is 1. The van der Waals surface area contributed by atoms with E-state index in [-0.39, 0.29) is 31.1 Å². The number of nitrogens with zero attached hydrogens (tertiary/aromatic N) is 3. The van der Waals surface area contributed by atoms with E-state index in [4.69, 9.17) is 23.7 Å². The standard InChI is InChI=1S/C54H65N5O9/c1-8-34-25-35-28-53(49(61)66-7,45-38(19-23-58(29-34)30-35)37-16-11-12-17-41(37)56-45)40-26-39-42(27-44(40)65-6)57(4)47-52(39)21-24-59-22-14-20-51(9-2,46(52)59)48(68-33(3)60)54(47,63)32-55-50(62)67-31-36-15-10-13-18-43(36)64-5/h10-18,20,25-27,35,46-48,56,63H,8-9,19,21-24,28-32H2,1-7H3,(H,55,62)/t35-,46-,47+,48+,51+,52+,53-,54?/m0/s1. The zero-order valence-electron chi connectivity index (χ0n) is 40.4. The van der Waals surface area contributed by atoms with Gasteiger partial charge in [-0.05, 0) is 73.9 Å². The van der Waals surface area contributed by atoms with Crippen molar-refractivity contribution in [3.63, 3.8) is 0 Å². The number of anilines is 1. The predicted octanol–water partition coefficient (Wildman–Crippen LogP) is 6.56. The van der Waals surface area contributed by atoms with Gasteiger partial charge in [-0.3, -0.25) is 19.4 Å². The first-order valence-corrected chi connectivity index (χ1v) is 24.2. The van der Waals surface area contributed by atoms with Gasteiger partial charge in [-0.25, -0.2) is 4.79 Å². The van der Waals surface area contributed by atoms with Crippen molar-refractivity contribution in [1.82, 2.24) is 20.1 Å². The van der Waals surface area contributed by atoms with Gasteiger partial charge in [0.2, 0.25) is 0 Å². The monoisotopic (exact) mass is 927 g/mol. The summed E-state index contributed by atoms with van der Waals surface area (Å²) in [7, 11) is 6.65. The number of carbonyl (C=O) groups excluding carboxylic acids is 3. The van der Waals surface area contributed by atoms with Crippen molar-refractivity contribution >= 4 is 34.6 Å². The normalized spacial score (nSPS) is 31.2. The maximum absolute atomic E-state index is 15.5. The summed E-state index contributed by atoms with van der Waals surface area (Å²) < 4.78 is 30.2. The van der Waals surface area contributed by atoms with Gasteiger partial charge in [0.25, 0.3) is 0 Å². The molecule has 2 bridgehead atoms. The summed E-state index contributed by atoms with van der Waals surface area (Å²) in [5.74, 6) is 0.205. The van der Waals surface area contributed by atoms with E-state index in [1.165, 1.54) is 19.6 Å². The fourth-order valence-corrected chi connectivity index (χ4v) is 14.2. The Balaban J connectivity index is 1.18. The third-order valence-corrected chi connectivity index (χ3v) is 16.7. The molecule has 68 heavy (non-hydrogen) atoms. The molecule has 14 nitrogen and oxygen atoms in total. The number of fused-ring (bicyclic) bond motifs is 6. The number of rotatable bonds is 11. The van der Waals surface area contributed by atoms with Crippen LogP contribution in [0.25, 0.3) is 10.9 Å². The molecule has 1 aromatic heterocycles. The summed E-state index contributed by atoms with van der Waals surface area (Å²) in [4.78, 5) is 53.6. The van der Waals surface area contributed by atoms with Gasteiger partial charge >= 0.3 is 18.0 Å². The zero-order chi connectivity index (χ0) is 47.8. The van der Waals surface area contributed by atoms with Crippen molar-refractivity contribution in [2.75, 3.05) is 72.5 Å². The molecule has 3 N–H and O–H groups in total. The molecule has 9 atom stereocenters. The second-order valence-electron chi connectivity index (χ2n) is 19.9. The van der Waals surface area contributed by atoms with Crippen LogP contribution in [0.4, 0.5) is 10.5 Å². The van der Waals surface area contributed by atoms with Gasteiger partial charge in [0.05, 0.1) is 33.9 Å². The lowest BCUT2D eigenvalue weighted by atomic mass is 9.47. The van der Waals surface area contributed by atoms with Crippen LogP contribution in [0.15, 0.2) is 84.5 Å². The number of likely N-dealkylation sites (N-methyl/N-ethyl adjacent to an activating group) is 1. The molecule has 5 aliphatic heterocycles. The van der Waals surface area contributed by atoms with Crippen molar-refractivity contribution < 1.29 is 43.2 Å². The molecule has 1 saturated heterocycles. The number of para-hydroxylation sites is 2. The molecule has 6 aliphatic rings. The fourth-order valence-electron chi connectivity index (χ4n) is 14.2. The Bertz CT molecular complexity index is 2710. The van der Waals surface area contributed by atoms with Crippen LogP contribution in [-0.4, -0.2) is 129 Å². The van der Waals surface area contributed by atoms with Crippen molar-refractivity contribution in [1.29, 1.82) is 0 Å². The lowest BCUT2D eigenvalue weighted by Crippen LogP contribution is -2.81. The number of aromatic amines is 1. The number of amides is 1. The van der Waals surface area contributed by atoms with Gasteiger partial charge in [-0.2, -0.15) is 0 Å². The van der Waals surface area contributed by atoms with Crippen molar-refractivity contribution in [3.8, 4) is 11.5 Å². The maximum Gasteiger partial charge on any atom is 0.407 e. The molecule has 1 amide bonds. The van der Waals surface area contributed by atoms with E-state index in [1.807, 2.05) is 37.4 Å². The number of aliphatic hydroxyl groups is 1. The Morgan fingerprint density at radius 1 is 0.956 bits per heavy atom. The first-order chi connectivity index (χ1) is 32.8. The Morgan fingerprint density at radius 2 is 1.74 bits per heavy atom. The largest absolute Gasteiger partial charge is 0.496 e. The summed E-state index contributed by atoms with van der Waals surface area (Å²) in [5.41, 5.74) is 2.45. The Kier molecular flexibility index (Phi) is 11.7. The Morgan fingerprint density at radius 3 is 2.49 bits per heavy atom. The molecular weight excluding hydrogens is 863 g/mol. The average molecular weight is 928 g/mol. The van der Waals surface area contributed by atoms with Crippen LogP contribution in [0.5, 0.6) is 11.5 Å². The van der Waals surface area contributed by atoms with Gasteiger partial charge in [-0.15, -0.1) is 0 Å². The topological polar surface area (TPSA) is 155 Å². The van der Waals surface area contributed by atoms with Gasteiger partial charge in [0.15, 0.2) is 0 Å². The van der Waals surface area contributed by atoms with Gasteiger partial charge in [0.1, 0.15) is 35.2 Å². The van der Waals surface area contributed by atoms with E-state index in [1.54, 1.807) is 20.3 Å². The number of hydrogen-bond acceptors (Lipinski definition) is 12. The highest BCUT2D eigenvalue weighted by molar-refractivity contribution is 5.94. The lowest BCUT2D eigenvalue weighted by molar-refractivity contribution is -0.217. The minimum atomic E-state index is -1.88. The SMILES string of the molecule is CCC1=C[C@@H]2CN(CCc3c([nH]c4ccccc34)[C@@](C(=O)OC)(c3cc4c(cc3OC)N(C)[C@H]3C(O)(CNC(=O)OCc5ccccc5OC)[C@H](OC(C)=O)[C@]5(CC)C=CCN6CC[C@]43[C@@H]65)C2)C1. The highest BCUT2D eigenvalue weighted by atomic mass is 16.6. The van der Waals surface area contributed by atoms with Gasteiger partial charge in [-0.1, -0.05) is 74.0 Å². The maximum atomic E-state index is 15.5. The Labute approximate surface area is 398 Å². The highest BCUT2D eigenvalue weighted by Crippen LogP contribution is 2.68. The van der Waals surface area contributed by atoms with Crippen LogP contribution < -0.4 is 19.7 Å². The molecule has 0 radical (unpaired) electrons. The lowest BCUT2D eigenvalue weighted by Gasteiger charge is -2.64. The smallest absolute Gasteiger partial charge is 0.407 e. The summed E-state index contributed by atoms with van der Waals surface area (Å²) in [6.07, 6.45) is 8.08. The minimum Gasteiger partial charge on any atom is -0.496 e. The predicted molar refractivity (Wildman–Crippen MR) is 258 cm³/mol. The number of alkyl carbamates (subject to hydrolysis) is 1. The number of carbonyl (C=O) groups is 3. The fraction of sp³-hybridized carbons (Fsp3) is 0.500. The van der Waals surface area contributed by atoms with Crippen molar-refractivity contribution in [2.45, 2.75) is 94.1 Å². The summed E-state index contributed by atoms with van der Waals surface area (Å²) >= 11 is 0. The van der Waals surface area contributed by atoms with Gasteiger partial charge in [0, 0.05) is 96.5 Å². The van der Waals surface area contributed by atoms with Crippen LogP contribution in [0.3, 0.4) is 0 Å². The molecule has 2 unspecified atom stereocenters. The first kappa shape index (κ1) is 45.9. The van der Waals surface area contributed by atoms with E-state index in [9.17, 15) is 14.7 Å². The van der Waals surface area contributed by atoms with E-state index < -0.39 is 46.1 Å². The highest BCUT2D eigenvalue weighted by Gasteiger charge is 2.78. The third-order valence-electron chi connectivity index (χ3n) is 16.7. The van der Waals surface area contributed by atoms with Crippen LogP contribution in [-0.2, 0) is 47.7 Å². The van der Waals surface area contributed by atoms with Crippen LogP contribution in [0.1, 0.15) is 74.4 Å². The molecule has 14 heteroatoms. The van der Waals surface area contributed by atoms with E-state index in [2.05, 4.69) is 81.3 Å². The number of esters is 2. The molecule has 10 rings (SSSR count). The van der Waals surface area contributed by atoms with Crippen LogP contribution >= 0.6 is 0 Å².